The SMILES string of the molecule is CN=C(NCc1csc(C(C)(C)C)n1)NCc1ccccc1CN1CCOCC1.I. The Bertz CT molecular complexity index is 812. The fraction of sp³-hybridized carbons (Fsp3) is 0.545. The highest BCUT2D eigenvalue weighted by Crippen LogP contribution is 2.25. The second-order valence-corrected chi connectivity index (χ2v) is 9.19. The van der Waals surface area contributed by atoms with Crippen LogP contribution in [-0.2, 0) is 29.8 Å². The molecular formula is C22H34IN5OS. The van der Waals surface area contributed by atoms with Crippen LogP contribution < -0.4 is 10.6 Å². The van der Waals surface area contributed by atoms with Crippen molar-refractivity contribution in [2.45, 2.75) is 45.8 Å². The number of morpholine rings is 1. The van der Waals surface area contributed by atoms with Gasteiger partial charge in [-0.25, -0.2) is 4.98 Å². The van der Waals surface area contributed by atoms with Crippen LogP contribution in [0.1, 0.15) is 42.6 Å². The van der Waals surface area contributed by atoms with Crippen molar-refractivity contribution in [3.05, 3.63) is 51.5 Å². The normalized spacial score (nSPS) is 15.5. The molecule has 30 heavy (non-hydrogen) atoms. The summed E-state index contributed by atoms with van der Waals surface area (Å²) in [7, 11) is 1.80. The Morgan fingerprint density at radius 3 is 2.43 bits per heavy atom. The lowest BCUT2D eigenvalue weighted by Gasteiger charge is -2.27. The van der Waals surface area contributed by atoms with E-state index in [-0.39, 0.29) is 29.4 Å². The highest BCUT2D eigenvalue weighted by molar-refractivity contribution is 14.0. The van der Waals surface area contributed by atoms with Gasteiger partial charge in [0, 0.05) is 44.0 Å². The van der Waals surface area contributed by atoms with Gasteiger partial charge in [-0.3, -0.25) is 9.89 Å². The second-order valence-electron chi connectivity index (χ2n) is 8.33. The summed E-state index contributed by atoms with van der Waals surface area (Å²) in [6, 6.07) is 8.61. The average molecular weight is 544 g/mol. The van der Waals surface area contributed by atoms with Crippen molar-refractivity contribution in [3.63, 3.8) is 0 Å². The summed E-state index contributed by atoms with van der Waals surface area (Å²) < 4.78 is 5.46. The molecular weight excluding hydrogens is 509 g/mol. The van der Waals surface area contributed by atoms with E-state index in [1.165, 1.54) is 11.1 Å². The maximum atomic E-state index is 5.46. The Labute approximate surface area is 201 Å². The molecule has 1 aliphatic rings. The van der Waals surface area contributed by atoms with E-state index in [9.17, 15) is 0 Å². The number of halogens is 1. The van der Waals surface area contributed by atoms with E-state index in [0.29, 0.717) is 6.54 Å². The van der Waals surface area contributed by atoms with Crippen LogP contribution in [0.3, 0.4) is 0 Å². The average Bonchev–Trinajstić information content (AvgIpc) is 3.20. The van der Waals surface area contributed by atoms with Gasteiger partial charge in [0.15, 0.2) is 5.96 Å². The maximum absolute atomic E-state index is 5.46. The number of ether oxygens (including phenoxy) is 1. The van der Waals surface area contributed by atoms with Crippen LogP contribution in [0.2, 0.25) is 0 Å². The van der Waals surface area contributed by atoms with Crippen molar-refractivity contribution in [3.8, 4) is 0 Å². The first kappa shape index (κ1) is 25.0. The summed E-state index contributed by atoms with van der Waals surface area (Å²) in [6.45, 7) is 12.6. The van der Waals surface area contributed by atoms with Gasteiger partial charge in [-0.1, -0.05) is 45.0 Å². The molecule has 6 nitrogen and oxygen atoms in total. The number of guanidine groups is 1. The predicted molar refractivity (Wildman–Crippen MR) is 136 cm³/mol. The van der Waals surface area contributed by atoms with E-state index in [1.54, 1.807) is 18.4 Å². The van der Waals surface area contributed by atoms with Gasteiger partial charge >= 0.3 is 0 Å². The zero-order chi connectivity index (χ0) is 20.7. The second kappa shape index (κ2) is 12.0. The third-order valence-corrected chi connectivity index (χ3v) is 6.23. The Hall–Kier alpha value is -1.23. The summed E-state index contributed by atoms with van der Waals surface area (Å²) in [4.78, 5) is 11.6. The standard InChI is InChI=1S/C22H33N5OS.HI/c1-22(2,3)20-26-19(16-29-20)14-25-21(23-4)24-13-17-7-5-6-8-18(17)15-27-9-11-28-12-10-27;/h5-8,16H,9-15H2,1-4H3,(H2,23,24,25);1H. The number of rotatable bonds is 6. The van der Waals surface area contributed by atoms with Gasteiger partial charge in [-0.05, 0) is 11.1 Å². The zero-order valence-electron chi connectivity index (χ0n) is 18.4. The molecule has 166 valence electrons. The fourth-order valence-electron chi connectivity index (χ4n) is 3.19. The summed E-state index contributed by atoms with van der Waals surface area (Å²) in [5.74, 6) is 0.788. The Balaban J connectivity index is 0.00000320. The number of aromatic nitrogens is 1. The largest absolute Gasteiger partial charge is 0.379 e. The molecule has 1 aliphatic heterocycles. The summed E-state index contributed by atoms with van der Waals surface area (Å²) in [6.07, 6.45) is 0. The van der Waals surface area contributed by atoms with Crippen LogP contribution in [0.15, 0.2) is 34.6 Å². The smallest absolute Gasteiger partial charge is 0.191 e. The Morgan fingerprint density at radius 2 is 1.80 bits per heavy atom. The molecule has 2 heterocycles. The lowest BCUT2D eigenvalue weighted by atomic mass is 9.98. The van der Waals surface area contributed by atoms with E-state index in [1.807, 2.05) is 0 Å². The molecule has 0 aliphatic carbocycles. The van der Waals surface area contributed by atoms with E-state index < -0.39 is 0 Å². The number of nitrogens with one attached hydrogen (secondary N) is 2. The van der Waals surface area contributed by atoms with Crippen LogP contribution >= 0.6 is 35.3 Å². The first-order chi connectivity index (χ1) is 14.0. The molecule has 0 unspecified atom stereocenters. The maximum Gasteiger partial charge on any atom is 0.191 e. The van der Waals surface area contributed by atoms with Crippen molar-refractivity contribution in [2.24, 2.45) is 4.99 Å². The third-order valence-electron chi connectivity index (χ3n) is 4.92. The van der Waals surface area contributed by atoms with E-state index in [4.69, 9.17) is 9.72 Å². The van der Waals surface area contributed by atoms with Crippen molar-refractivity contribution in [2.75, 3.05) is 33.4 Å². The molecule has 8 heteroatoms. The van der Waals surface area contributed by atoms with Gasteiger partial charge < -0.3 is 15.4 Å². The first-order valence-electron chi connectivity index (χ1n) is 10.2. The summed E-state index contributed by atoms with van der Waals surface area (Å²) in [5.41, 5.74) is 3.79. The van der Waals surface area contributed by atoms with Crippen LogP contribution in [0.25, 0.3) is 0 Å². The molecule has 0 saturated carbocycles. The Morgan fingerprint density at radius 1 is 1.13 bits per heavy atom. The molecule has 1 aromatic carbocycles. The van der Waals surface area contributed by atoms with Crippen LogP contribution in [0.5, 0.6) is 0 Å². The molecule has 2 aromatic rings. The van der Waals surface area contributed by atoms with E-state index >= 15 is 0 Å². The molecule has 0 radical (unpaired) electrons. The van der Waals surface area contributed by atoms with Gasteiger partial charge in [-0.15, -0.1) is 35.3 Å². The Kier molecular flexibility index (Phi) is 9.99. The minimum absolute atomic E-state index is 0. The molecule has 0 amide bonds. The molecule has 0 spiro atoms. The van der Waals surface area contributed by atoms with Crippen LogP contribution in [0, 0.1) is 0 Å². The van der Waals surface area contributed by atoms with Crippen molar-refractivity contribution < 1.29 is 4.74 Å². The van der Waals surface area contributed by atoms with Gasteiger partial charge in [0.05, 0.1) is 30.5 Å². The molecule has 0 atom stereocenters. The van der Waals surface area contributed by atoms with Crippen LogP contribution in [-0.4, -0.2) is 49.2 Å². The number of nitrogens with zero attached hydrogens (tertiary/aromatic N) is 3. The molecule has 0 bridgehead atoms. The predicted octanol–water partition coefficient (Wildman–Crippen LogP) is 3.76. The minimum Gasteiger partial charge on any atom is -0.379 e. The molecule has 2 N–H and O–H groups in total. The highest BCUT2D eigenvalue weighted by Gasteiger charge is 2.18. The van der Waals surface area contributed by atoms with Crippen molar-refractivity contribution >= 4 is 41.3 Å². The lowest BCUT2D eigenvalue weighted by molar-refractivity contribution is 0.0341. The number of benzene rings is 1. The lowest BCUT2D eigenvalue weighted by Crippen LogP contribution is -2.37. The highest BCUT2D eigenvalue weighted by atomic mass is 127. The van der Waals surface area contributed by atoms with E-state index in [0.717, 1.165) is 56.1 Å². The first-order valence-corrected chi connectivity index (χ1v) is 11.1. The molecule has 1 fully saturated rings. The number of hydrogen-bond acceptors (Lipinski definition) is 5. The van der Waals surface area contributed by atoms with Gasteiger partial charge in [0.2, 0.25) is 0 Å². The minimum atomic E-state index is 0. The molecule has 1 aromatic heterocycles. The topological polar surface area (TPSA) is 61.8 Å². The van der Waals surface area contributed by atoms with Crippen molar-refractivity contribution in [1.29, 1.82) is 0 Å². The molecule has 1 saturated heterocycles. The van der Waals surface area contributed by atoms with Gasteiger partial charge in [-0.2, -0.15) is 0 Å². The molecule has 3 rings (SSSR count). The number of aliphatic imine (C=N–C) groups is 1. The van der Waals surface area contributed by atoms with Gasteiger partial charge in [0.1, 0.15) is 0 Å². The third kappa shape index (κ3) is 7.47. The monoisotopic (exact) mass is 543 g/mol. The van der Waals surface area contributed by atoms with E-state index in [2.05, 4.69) is 70.9 Å². The number of thiazole rings is 1. The summed E-state index contributed by atoms with van der Waals surface area (Å²) in [5, 5.41) is 10.1. The summed E-state index contributed by atoms with van der Waals surface area (Å²) >= 11 is 1.72. The quantitative estimate of drug-likeness (QED) is 0.330. The van der Waals surface area contributed by atoms with Crippen molar-refractivity contribution in [1.82, 2.24) is 20.5 Å². The van der Waals surface area contributed by atoms with Crippen LogP contribution in [0.4, 0.5) is 0 Å². The fourth-order valence-corrected chi connectivity index (χ4v) is 4.10. The number of hydrogen-bond donors (Lipinski definition) is 2. The van der Waals surface area contributed by atoms with Gasteiger partial charge in [0.25, 0.3) is 0 Å². The zero-order valence-corrected chi connectivity index (χ0v) is 21.5.